The highest BCUT2D eigenvalue weighted by atomic mass is 16.7. The molecule has 1 saturated carbocycles. The van der Waals surface area contributed by atoms with Crippen LogP contribution in [0.2, 0.25) is 0 Å². The number of amides is 2. The summed E-state index contributed by atoms with van der Waals surface area (Å²) in [5.41, 5.74) is 3.26. The minimum absolute atomic E-state index is 0.00509. The van der Waals surface area contributed by atoms with Crippen LogP contribution >= 0.6 is 0 Å². The Hall–Kier alpha value is -3.82. The van der Waals surface area contributed by atoms with Gasteiger partial charge in [-0.05, 0) is 37.1 Å². The van der Waals surface area contributed by atoms with Gasteiger partial charge < -0.3 is 20.3 Å². The second-order valence-corrected chi connectivity index (χ2v) is 8.03. The van der Waals surface area contributed by atoms with E-state index in [1.165, 1.54) is 0 Å². The average Bonchev–Trinajstić information content (AvgIpc) is 3.49. The quantitative estimate of drug-likeness (QED) is 0.696. The van der Waals surface area contributed by atoms with Crippen molar-refractivity contribution in [1.82, 2.24) is 20.6 Å². The van der Waals surface area contributed by atoms with Crippen molar-refractivity contribution in [3.05, 3.63) is 60.2 Å². The third-order valence-corrected chi connectivity index (χ3v) is 5.78. The van der Waals surface area contributed by atoms with Crippen molar-refractivity contribution in [3.8, 4) is 0 Å². The van der Waals surface area contributed by atoms with Crippen molar-refractivity contribution in [2.45, 2.75) is 50.0 Å². The molecule has 2 amide bonds. The number of hydrogen-bond acceptors (Lipinski definition) is 8. The summed E-state index contributed by atoms with van der Waals surface area (Å²) in [6, 6.07) is 7.33. The maximum absolute atomic E-state index is 12.5. The Morgan fingerprint density at radius 3 is 1.53 bits per heavy atom. The van der Waals surface area contributed by atoms with E-state index in [4.69, 9.17) is 9.68 Å². The van der Waals surface area contributed by atoms with Crippen molar-refractivity contribution < 1.29 is 19.3 Å². The molecule has 164 valence electrons. The standard InChI is InChI=1S/C22H22N6O4/c29-21(19-11-17(27-31-19)13-1-5-23-6-2-13)25-15-9-16(10-15)26-22(30)20-12-18(28-32-20)14-3-7-24-8-4-14/h1-8,15-16,19-20H,9-12H2,(H,25,29)(H,26,30). The van der Waals surface area contributed by atoms with Crippen LogP contribution in [0.1, 0.15) is 36.8 Å². The lowest BCUT2D eigenvalue weighted by Gasteiger charge is -2.36. The number of nitrogens with one attached hydrogen (secondary N) is 2. The van der Waals surface area contributed by atoms with Crippen molar-refractivity contribution in [2.24, 2.45) is 10.3 Å². The average molecular weight is 434 g/mol. The molecule has 1 aliphatic carbocycles. The third-order valence-electron chi connectivity index (χ3n) is 5.78. The Labute approximate surface area is 184 Å². The number of oxime groups is 2. The summed E-state index contributed by atoms with van der Waals surface area (Å²) in [6.07, 6.45) is 7.59. The van der Waals surface area contributed by atoms with Gasteiger partial charge in [0.05, 0.1) is 11.4 Å². The molecule has 5 rings (SSSR count). The summed E-state index contributed by atoms with van der Waals surface area (Å²) >= 11 is 0. The molecule has 3 aliphatic rings. The molecule has 2 aromatic heterocycles. The number of carbonyl (C=O) groups excluding carboxylic acids is 2. The van der Waals surface area contributed by atoms with E-state index in [0.717, 1.165) is 22.6 Å². The molecule has 10 heteroatoms. The first kappa shape index (κ1) is 20.1. The Kier molecular flexibility index (Phi) is 5.49. The summed E-state index contributed by atoms with van der Waals surface area (Å²) in [6.45, 7) is 0. The number of rotatable bonds is 6. The zero-order chi connectivity index (χ0) is 21.9. The van der Waals surface area contributed by atoms with Gasteiger partial charge in [0.15, 0.2) is 0 Å². The van der Waals surface area contributed by atoms with E-state index in [1.807, 2.05) is 24.3 Å². The van der Waals surface area contributed by atoms with Crippen LogP contribution in [-0.4, -0.2) is 57.5 Å². The zero-order valence-electron chi connectivity index (χ0n) is 17.2. The summed E-state index contributed by atoms with van der Waals surface area (Å²) in [7, 11) is 0. The first-order chi connectivity index (χ1) is 15.7. The molecule has 0 spiro atoms. The van der Waals surface area contributed by atoms with E-state index >= 15 is 0 Å². The van der Waals surface area contributed by atoms with Gasteiger partial charge in [-0.25, -0.2) is 0 Å². The molecule has 2 aromatic rings. The molecule has 0 bridgehead atoms. The number of aromatic nitrogens is 2. The summed E-state index contributed by atoms with van der Waals surface area (Å²) < 4.78 is 0. The highest BCUT2D eigenvalue weighted by Gasteiger charge is 2.37. The van der Waals surface area contributed by atoms with Gasteiger partial charge in [-0.1, -0.05) is 10.3 Å². The summed E-state index contributed by atoms with van der Waals surface area (Å²) in [5, 5.41) is 14.0. The molecule has 0 saturated heterocycles. The first-order valence-electron chi connectivity index (χ1n) is 10.5. The lowest BCUT2D eigenvalue weighted by molar-refractivity contribution is -0.133. The highest BCUT2D eigenvalue weighted by molar-refractivity contribution is 6.04. The van der Waals surface area contributed by atoms with Crippen molar-refractivity contribution in [2.75, 3.05) is 0 Å². The largest absolute Gasteiger partial charge is 0.382 e. The summed E-state index contributed by atoms with van der Waals surface area (Å²) in [5.74, 6) is -0.385. The topological polar surface area (TPSA) is 127 Å². The van der Waals surface area contributed by atoms with Gasteiger partial charge in [0, 0.05) is 60.8 Å². The lowest BCUT2D eigenvalue weighted by Crippen LogP contribution is -2.56. The number of hydrogen-bond donors (Lipinski definition) is 2. The molecule has 32 heavy (non-hydrogen) atoms. The Balaban J connectivity index is 1.03. The van der Waals surface area contributed by atoms with Crippen LogP contribution < -0.4 is 10.6 Å². The van der Waals surface area contributed by atoms with Crippen LogP contribution in [0.5, 0.6) is 0 Å². The van der Waals surface area contributed by atoms with E-state index < -0.39 is 12.2 Å². The Bertz CT molecular complexity index is 969. The fourth-order valence-corrected chi connectivity index (χ4v) is 3.91. The predicted molar refractivity (Wildman–Crippen MR) is 114 cm³/mol. The lowest BCUT2D eigenvalue weighted by atomic mass is 9.86. The van der Waals surface area contributed by atoms with Crippen LogP contribution in [0.3, 0.4) is 0 Å². The van der Waals surface area contributed by atoms with Gasteiger partial charge in [0.25, 0.3) is 11.8 Å². The van der Waals surface area contributed by atoms with Gasteiger partial charge in [-0.2, -0.15) is 0 Å². The number of carbonyl (C=O) groups is 2. The molecule has 1 fully saturated rings. The predicted octanol–water partition coefficient (Wildman–Crippen LogP) is 0.926. The molecule has 2 aliphatic heterocycles. The van der Waals surface area contributed by atoms with Gasteiger partial charge in [-0.15, -0.1) is 0 Å². The fraction of sp³-hybridized carbons (Fsp3) is 0.364. The van der Waals surface area contributed by atoms with Crippen molar-refractivity contribution in [3.63, 3.8) is 0 Å². The Morgan fingerprint density at radius 1 is 0.719 bits per heavy atom. The fourth-order valence-electron chi connectivity index (χ4n) is 3.91. The van der Waals surface area contributed by atoms with Gasteiger partial charge in [-0.3, -0.25) is 19.6 Å². The maximum atomic E-state index is 12.5. The van der Waals surface area contributed by atoms with E-state index in [9.17, 15) is 9.59 Å². The SMILES string of the molecule is O=C(NC1CC(NC(=O)C2CC(c3ccncc3)=NO2)C1)C1CC(c2ccncc2)=NO1. The molecule has 2 atom stereocenters. The van der Waals surface area contributed by atoms with E-state index in [0.29, 0.717) is 25.7 Å². The normalized spacial score (nSPS) is 26.1. The minimum atomic E-state index is -0.637. The Morgan fingerprint density at radius 2 is 1.12 bits per heavy atom. The van der Waals surface area contributed by atoms with Crippen molar-refractivity contribution in [1.29, 1.82) is 0 Å². The second-order valence-electron chi connectivity index (χ2n) is 8.03. The molecule has 0 radical (unpaired) electrons. The van der Waals surface area contributed by atoms with Crippen LogP contribution in [0.4, 0.5) is 0 Å². The molecule has 10 nitrogen and oxygen atoms in total. The van der Waals surface area contributed by atoms with Crippen molar-refractivity contribution >= 4 is 23.2 Å². The molecule has 2 N–H and O–H groups in total. The third kappa shape index (κ3) is 4.29. The van der Waals surface area contributed by atoms with E-state index in [1.54, 1.807) is 24.8 Å². The van der Waals surface area contributed by atoms with Gasteiger partial charge in [0.2, 0.25) is 12.2 Å². The second kappa shape index (κ2) is 8.74. The van der Waals surface area contributed by atoms with Crippen LogP contribution in [0, 0.1) is 0 Å². The molecular formula is C22H22N6O4. The monoisotopic (exact) mass is 434 g/mol. The highest BCUT2D eigenvalue weighted by Crippen LogP contribution is 2.23. The van der Waals surface area contributed by atoms with Gasteiger partial charge >= 0.3 is 0 Å². The van der Waals surface area contributed by atoms with Crippen LogP contribution in [0.15, 0.2) is 59.4 Å². The zero-order valence-corrected chi connectivity index (χ0v) is 17.2. The van der Waals surface area contributed by atoms with E-state index in [2.05, 4.69) is 30.9 Å². The van der Waals surface area contributed by atoms with Gasteiger partial charge in [0.1, 0.15) is 0 Å². The number of nitrogens with zero attached hydrogens (tertiary/aromatic N) is 4. The summed E-state index contributed by atoms with van der Waals surface area (Å²) in [4.78, 5) is 43.5. The van der Waals surface area contributed by atoms with Crippen LogP contribution in [-0.2, 0) is 19.3 Å². The van der Waals surface area contributed by atoms with Crippen LogP contribution in [0.25, 0.3) is 0 Å². The van der Waals surface area contributed by atoms with E-state index in [-0.39, 0.29) is 23.9 Å². The maximum Gasteiger partial charge on any atom is 0.264 e. The number of pyridine rings is 2. The smallest absolute Gasteiger partial charge is 0.264 e. The molecular weight excluding hydrogens is 412 g/mol. The minimum Gasteiger partial charge on any atom is -0.382 e. The first-order valence-corrected chi connectivity index (χ1v) is 10.5. The molecule has 4 heterocycles. The molecule has 2 unspecified atom stereocenters. The molecule has 0 aromatic carbocycles.